The molecule has 0 saturated heterocycles. The van der Waals surface area contributed by atoms with E-state index in [1.165, 1.54) is 25.7 Å². The molecule has 1 nitrogen and oxygen atoms in total. The fourth-order valence-corrected chi connectivity index (χ4v) is 1.53. The molecule has 0 aliphatic heterocycles. The lowest BCUT2D eigenvalue weighted by molar-refractivity contribution is 0.621. The van der Waals surface area contributed by atoms with Crippen molar-refractivity contribution in [2.24, 2.45) is 11.8 Å². The highest BCUT2D eigenvalue weighted by Crippen LogP contribution is 2.43. The van der Waals surface area contributed by atoms with Gasteiger partial charge in [-0.3, -0.25) is 0 Å². The highest BCUT2D eigenvalue weighted by molar-refractivity contribution is 4.83. The molecule has 0 bridgehead atoms. The number of rotatable bonds is 3. The Bertz CT molecular complexity index is 71.0. The molecule has 2 atom stereocenters. The molecule has 0 aromatic heterocycles. The first-order valence-corrected chi connectivity index (χ1v) is 3.88. The Morgan fingerprint density at radius 1 is 1.22 bits per heavy atom. The third kappa shape index (κ3) is 2.35. The largest absolute Gasteiger partial charge is 0.344 e. The minimum atomic E-state index is 0. The van der Waals surface area contributed by atoms with Gasteiger partial charge in [-0.15, -0.1) is 0 Å². The molecule has 0 aromatic rings. The zero-order valence-corrected chi connectivity index (χ0v) is 6.69. The Labute approximate surface area is 58.4 Å². The van der Waals surface area contributed by atoms with Crippen molar-refractivity contribution in [3.63, 3.8) is 0 Å². The van der Waals surface area contributed by atoms with Crippen molar-refractivity contribution in [2.75, 3.05) is 0 Å². The molecule has 1 saturated carbocycles. The molecule has 0 spiro atoms. The van der Waals surface area contributed by atoms with Crippen LogP contribution in [0.3, 0.4) is 0 Å². The summed E-state index contributed by atoms with van der Waals surface area (Å²) in [6.45, 7) is 4.59. The van der Waals surface area contributed by atoms with Crippen molar-refractivity contribution >= 4 is 0 Å². The maximum atomic E-state index is 2.31. The number of hydrogen-bond acceptors (Lipinski definition) is 1. The summed E-state index contributed by atoms with van der Waals surface area (Å²) in [4.78, 5) is 0. The average Bonchev–Trinajstić information content (AvgIpc) is 2.48. The molecule has 1 heteroatoms. The molecule has 56 valence electrons. The van der Waals surface area contributed by atoms with E-state index in [1.807, 2.05) is 0 Å². The van der Waals surface area contributed by atoms with Crippen LogP contribution in [0, 0.1) is 11.8 Å². The van der Waals surface area contributed by atoms with Crippen LogP contribution in [0.4, 0.5) is 0 Å². The van der Waals surface area contributed by atoms with Gasteiger partial charge >= 0.3 is 0 Å². The molecule has 1 aliphatic rings. The standard InChI is InChI=1S/C8H16.H3N/c1-3-5-8-6-7(8)4-2;/h7-8H,3-6H2,1-2H3;1H3. The second kappa shape index (κ2) is 3.89. The van der Waals surface area contributed by atoms with Gasteiger partial charge in [-0.05, 0) is 18.3 Å². The molecule has 3 N–H and O–H groups in total. The van der Waals surface area contributed by atoms with E-state index in [-0.39, 0.29) is 6.15 Å². The second-order valence-corrected chi connectivity index (χ2v) is 2.95. The molecular weight excluding hydrogens is 110 g/mol. The van der Waals surface area contributed by atoms with Crippen molar-refractivity contribution in [1.82, 2.24) is 6.15 Å². The highest BCUT2D eigenvalue weighted by Gasteiger charge is 2.33. The van der Waals surface area contributed by atoms with Gasteiger partial charge in [0.05, 0.1) is 0 Å². The quantitative estimate of drug-likeness (QED) is 0.624. The Morgan fingerprint density at radius 2 is 1.89 bits per heavy atom. The van der Waals surface area contributed by atoms with Crippen LogP contribution in [0.2, 0.25) is 0 Å². The van der Waals surface area contributed by atoms with Crippen LogP contribution >= 0.6 is 0 Å². The van der Waals surface area contributed by atoms with E-state index in [0.29, 0.717) is 0 Å². The summed E-state index contributed by atoms with van der Waals surface area (Å²) < 4.78 is 0. The molecule has 9 heavy (non-hydrogen) atoms. The van der Waals surface area contributed by atoms with E-state index >= 15 is 0 Å². The van der Waals surface area contributed by atoms with Crippen LogP contribution in [-0.2, 0) is 0 Å². The van der Waals surface area contributed by atoms with E-state index in [4.69, 9.17) is 0 Å². The third-order valence-electron chi connectivity index (χ3n) is 2.25. The van der Waals surface area contributed by atoms with Crippen molar-refractivity contribution in [3.05, 3.63) is 0 Å². The maximum absolute atomic E-state index is 2.31. The van der Waals surface area contributed by atoms with Crippen LogP contribution in [0.15, 0.2) is 0 Å². The maximum Gasteiger partial charge on any atom is -0.0383 e. The average molecular weight is 129 g/mol. The van der Waals surface area contributed by atoms with E-state index in [1.54, 1.807) is 0 Å². The minimum Gasteiger partial charge on any atom is -0.344 e. The summed E-state index contributed by atoms with van der Waals surface area (Å²) in [6.07, 6.45) is 5.83. The van der Waals surface area contributed by atoms with Crippen LogP contribution < -0.4 is 6.15 Å². The van der Waals surface area contributed by atoms with E-state index in [0.717, 1.165) is 11.8 Å². The van der Waals surface area contributed by atoms with E-state index in [2.05, 4.69) is 13.8 Å². The molecule has 0 radical (unpaired) electrons. The monoisotopic (exact) mass is 129 g/mol. The third-order valence-corrected chi connectivity index (χ3v) is 2.25. The fourth-order valence-electron chi connectivity index (χ4n) is 1.53. The van der Waals surface area contributed by atoms with Crippen molar-refractivity contribution < 1.29 is 0 Å². The minimum absolute atomic E-state index is 0. The lowest BCUT2D eigenvalue weighted by atomic mass is 10.2. The molecule has 2 unspecified atom stereocenters. The molecule has 0 heterocycles. The molecule has 1 rings (SSSR count). The van der Waals surface area contributed by atoms with Gasteiger partial charge in [-0.25, -0.2) is 0 Å². The normalized spacial score (nSPS) is 31.3. The summed E-state index contributed by atoms with van der Waals surface area (Å²) in [7, 11) is 0. The lowest BCUT2D eigenvalue weighted by Crippen LogP contribution is -1.77. The van der Waals surface area contributed by atoms with Gasteiger partial charge in [0.15, 0.2) is 0 Å². The first-order chi connectivity index (χ1) is 3.88. The summed E-state index contributed by atoms with van der Waals surface area (Å²) in [5, 5.41) is 0. The van der Waals surface area contributed by atoms with Crippen molar-refractivity contribution in [2.45, 2.75) is 39.5 Å². The van der Waals surface area contributed by atoms with Crippen LogP contribution in [0.5, 0.6) is 0 Å². The SMILES string of the molecule is CCCC1CC1CC.N. The number of hydrogen-bond donors (Lipinski definition) is 1. The van der Waals surface area contributed by atoms with Crippen LogP contribution in [0.25, 0.3) is 0 Å². The summed E-state index contributed by atoms with van der Waals surface area (Å²) in [5.74, 6) is 2.25. The Balaban J connectivity index is 0.000000640. The van der Waals surface area contributed by atoms with Gasteiger partial charge in [0.25, 0.3) is 0 Å². The zero-order chi connectivity index (χ0) is 5.98. The van der Waals surface area contributed by atoms with Gasteiger partial charge in [0.1, 0.15) is 0 Å². The van der Waals surface area contributed by atoms with Gasteiger partial charge < -0.3 is 6.15 Å². The van der Waals surface area contributed by atoms with Gasteiger partial charge in [-0.2, -0.15) is 0 Å². The molecule has 0 amide bonds. The topological polar surface area (TPSA) is 35.0 Å². The first kappa shape index (κ1) is 8.96. The molecule has 0 aromatic carbocycles. The lowest BCUT2D eigenvalue weighted by Gasteiger charge is -1.90. The molecule has 1 fully saturated rings. The van der Waals surface area contributed by atoms with Crippen molar-refractivity contribution in [3.8, 4) is 0 Å². The summed E-state index contributed by atoms with van der Waals surface area (Å²) in [6, 6.07) is 0. The smallest absolute Gasteiger partial charge is 0.0383 e. The highest BCUT2D eigenvalue weighted by atomic mass is 14.4. The zero-order valence-electron chi connectivity index (χ0n) is 6.69. The molecular formula is C8H19N. The predicted molar refractivity (Wildman–Crippen MR) is 41.8 cm³/mol. The van der Waals surface area contributed by atoms with E-state index < -0.39 is 0 Å². The van der Waals surface area contributed by atoms with E-state index in [9.17, 15) is 0 Å². The van der Waals surface area contributed by atoms with Crippen LogP contribution in [0.1, 0.15) is 39.5 Å². The van der Waals surface area contributed by atoms with Crippen LogP contribution in [-0.4, -0.2) is 0 Å². The predicted octanol–water partition coefficient (Wildman–Crippen LogP) is 2.99. The Morgan fingerprint density at radius 3 is 2.22 bits per heavy atom. The Hall–Kier alpha value is -0.0400. The Kier molecular flexibility index (Phi) is 3.87. The van der Waals surface area contributed by atoms with Gasteiger partial charge in [0.2, 0.25) is 0 Å². The molecule has 1 aliphatic carbocycles. The van der Waals surface area contributed by atoms with Gasteiger partial charge in [0, 0.05) is 0 Å². The fraction of sp³-hybridized carbons (Fsp3) is 1.00. The second-order valence-electron chi connectivity index (χ2n) is 2.95. The summed E-state index contributed by atoms with van der Waals surface area (Å²) >= 11 is 0. The summed E-state index contributed by atoms with van der Waals surface area (Å²) in [5.41, 5.74) is 0. The van der Waals surface area contributed by atoms with Gasteiger partial charge in [-0.1, -0.05) is 33.1 Å². The first-order valence-electron chi connectivity index (χ1n) is 3.88. The van der Waals surface area contributed by atoms with Crippen molar-refractivity contribution in [1.29, 1.82) is 0 Å².